The molecule has 2 rings (SSSR count). The summed E-state index contributed by atoms with van der Waals surface area (Å²) in [6.07, 6.45) is -0.132. The molecule has 90 valence electrons. The molecule has 1 aromatic heterocycles. The first-order valence-electron chi connectivity index (χ1n) is 5.80. The molecule has 0 fully saturated rings. The quantitative estimate of drug-likeness (QED) is 0.823. The molecular weight excluding hydrogens is 224 g/mol. The topological polar surface area (TPSA) is 45.9 Å². The fourth-order valence-corrected chi connectivity index (χ4v) is 1.67. The van der Waals surface area contributed by atoms with Gasteiger partial charge in [-0.1, -0.05) is 30.3 Å². The lowest BCUT2D eigenvalue weighted by Crippen LogP contribution is -2.06. The highest BCUT2D eigenvalue weighted by atomic mass is 16.5. The maximum absolute atomic E-state index is 9.02. The fourth-order valence-electron chi connectivity index (χ4n) is 1.67. The van der Waals surface area contributed by atoms with Crippen molar-refractivity contribution in [1.29, 1.82) is 5.26 Å². The van der Waals surface area contributed by atoms with E-state index in [0.29, 0.717) is 11.4 Å². The Morgan fingerprint density at radius 2 is 1.89 bits per heavy atom. The number of rotatable bonds is 3. The molecule has 3 heteroatoms. The number of aromatic nitrogens is 1. The number of nitrogens with zero attached hydrogens (tertiary/aromatic N) is 2. The smallest absolute Gasteiger partial charge is 0.232 e. The molecule has 0 N–H and O–H groups in total. The third kappa shape index (κ3) is 2.67. The van der Waals surface area contributed by atoms with Gasteiger partial charge in [0.15, 0.2) is 0 Å². The molecule has 0 saturated carbocycles. The predicted octanol–water partition coefficient (Wildman–Crippen LogP) is 3.40. The molecule has 1 aromatic carbocycles. The van der Waals surface area contributed by atoms with Gasteiger partial charge in [0, 0.05) is 5.69 Å². The molecule has 18 heavy (non-hydrogen) atoms. The number of nitriles is 1. The first-order chi connectivity index (χ1) is 8.70. The zero-order valence-corrected chi connectivity index (χ0v) is 10.4. The number of aryl methyl sites for hydroxylation is 1. The van der Waals surface area contributed by atoms with Crippen LogP contribution < -0.4 is 4.74 Å². The Kier molecular flexibility index (Phi) is 3.59. The van der Waals surface area contributed by atoms with Crippen LogP contribution in [0.4, 0.5) is 0 Å². The summed E-state index contributed by atoms with van der Waals surface area (Å²) in [5.74, 6) is 0.397. The second-order valence-electron chi connectivity index (χ2n) is 4.09. The standard InChI is InChI=1S/C15H14N2O/c1-11-8-9-14(10-16)15(17-11)18-12(2)13-6-4-3-5-7-13/h3-9,12H,1-2H3. The molecule has 0 amide bonds. The van der Waals surface area contributed by atoms with Gasteiger partial charge in [-0.15, -0.1) is 0 Å². The monoisotopic (exact) mass is 238 g/mol. The van der Waals surface area contributed by atoms with E-state index in [1.54, 1.807) is 12.1 Å². The van der Waals surface area contributed by atoms with Gasteiger partial charge >= 0.3 is 0 Å². The van der Waals surface area contributed by atoms with E-state index in [1.165, 1.54) is 0 Å². The highest BCUT2D eigenvalue weighted by molar-refractivity contribution is 5.39. The van der Waals surface area contributed by atoms with E-state index >= 15 is 0 Å². The van der Waals surface area contributed by atoms with E-state index in [1.807, 2.05) is 44.2 Å². The van der Waals surface area contributed by atoms with Gasteiger partial charge in [0.2, 0.25) is 5.88 Å². The Bertz CT molecular complexity index is 573. The van der Waals surface area contributed by atoms with Crippen LogP contribution in [-0.2, 0) is 0 Å². The van der Waals surface area contributed by atoms with E-state index in [0.717, 1.165) is 11.3 Å². The average Bonchev–Trinajstić information content (AvgIpc) is 2.40. The van der Waals surface area contributed by atoms with Crippen LogP contribution in [0.5, 0.6) is 5.88 Å². The van der Waals surface area contributed by atoms with Crippen molar-refractivity contribution in [3.8, 4) is 11.9 Å². The maximum Gasteiger partial charge on any atom is 0.232 e. The van der Waals surface area contributed by atoms with Crippen LogP contribution in [0, 0.1) is 18.3 Å². The Labute approximate surface area is 107 Å². The normalized spacial score (nSPS) is 11.6. The Balaban J connectivity index is 2.24. The summed E-state index contributed by atoms with van der Waals surface area (Å²) in [6, 6.07) is 15.5. The third-order valence-corrected chi connectivity index (χ3v) is 2.68. The highest BCUT2D eigenvalue weighted by Gasteiger charge is 2.11. The lowest BCUT2D eigenvalue weighted by Gasteiger charge is -2.15. The summed E-state index contributed by atoms with van der Waals surface area (Å²) in [5, 5.41) is 9.02. The summed E-state index contributed by atoms with van der Waals surface area (Å²) < 4.78 is 5.77. The van der Waals surface area contributed by atoms with Gasteiger partial charge < -0.3 is 4.74 Å². The Morgan fingerprint density at radius 3 is 2.56 bits per heavy atom. The summed E-state index contributed by atoms with van der Waals surface area (Å²) >= 11 is 0. The molecule has 0 bridgehead atoms. The van der Waals surface area contributed by atoms with Crippen molar-refractivity contribution >= 4 is 0 Å². The Hall–Kier alpha value is -2.34. The molecule has 0 aliphatic carbocycles. The second kappa shape index (κ2) is 5.33. The summed E-state index contributed by atoms with van der Waals surface area (Å²) in [5.41, 5.74) is 2.36. The van der Waals surface area contributed by atoms with Crippen molar-refractivity contribution in [2.24, 2.45) is 0 Å². The number of benzene rings is 1. The van der Waals surface area contributed by atoms with E-state index in [4.69, 9.17) is 10.00 Å². The molecule has 0 saturated heterocycles. The first-order valence-corrected chi connectivity index (χ1v) is 5.80. The molecule has 1 atom stereocenters. The van der Waals surface area contributed by atoms with E-state index in [9.17, 15) is 0 Å². The SMILES string of the molecule is Cc1ccc(C#N)c(OC(C)c2ccccc2)n1. The zero-order chi connectivity index (χ0) is 13.0. The number of hydrogen-bond acceptors (Lipinski definition) is 3. The average molecular weight is 238 g/mol. The number of hydrogen-bond donors (Lipinski definition) is 0. The number of ether oxygens (including phenoxy) is 1. The van der Waals surface area contributed by atoms with E-state index in [-0.39, 0.29) is 6.10 Å². The molecular formula is C15H14N2O. The second-order valence-corrected chi connectivity index (χ2v) is 4.09. The van der Waals surface area contributed by atoms with Gasteiger partial charge in [-0.3, -0.25) is 0 Å². The highest BCUT2D eigenvalue weighted by Crippen LogP contribution is 2.23. The molecule has 1 unspecified atom stereocenters. The van der Waals surface area contributed by atoms with Gasteiger partial charge in [0.25, 0.3) is 0 Å². The first kappa shape index (κ1) is 12.1. The molecule has 0 aliphatic rings. The van der Waals surface area contributed by atoms with Crippen molar-refractivity contribution in [3.63, 3.8) is 0 Å². The van der Waals surface area contributed by atoms with Crippen molar-refractivity contribution in [2.45, 2.75) is 20.0 Å². The van der Waals surface area contributed by atoms with E-state index in [2.05, 4.69) is 11.1 Å². The minimum Gasteiger partial charge on any atom is -0.469 e. The lowest BCUT2D eigenvalue weighted by molar-refractivity contribution is 0.216. The van der Waals surface area contributed by atoms with Crippen molar-refractivity contribution < 1.29 is 4.74 Å². The Morgan fingerprint density at radius 1 is 1.17 bits per heavy atom. The van der Waals surface area contributed by atoms with Crippen LogP contribution in [0.15, 0.2) is 42.5 Å². The van der Waals surface area contributed by atoms with Gasteiger partial charge in [-0.05, 0) is 31.5 Å². The molecule has 3 nitrogen and oxygen atoms in total. The van der Waals surface area contributed by atoms with Crippen LogP contribution in [0.25, 0.3) is 0 Å². The van der Waals surface area contributed by atoms with Crippen molar-refractivity contribution in [1.82, 2.24) is 4.98 Å². The maximum atomic E-state index is 9.02. The van der Waals surface area contributed by atoms with Crippen molar-refractivity contribution in [3.05, 3.63) is 59.3 Å². The minimum absolute atomic E-state index is 0.132. The van der Waals surface area contributed by atoms with Gasteiger partial charge in [0.1, 0.15) is 17.7 Å². The summed E-state index contributed by atoms with van der Waals surface area (Å²) in [4.78, 5) is 4.26. The third-order valence-electron chi connectivity index (χ3n) is 2.68. The van der Waals surface area contributed by atoms with Gasteiger partial charge in [-0.2, -0.15) is 5.26 Å². The number of pyridine rings is 1. The van der Waals surface area contributed by atoms with Crippen LogP contribution in [0.3, 0.4) is 0 Å². The zero-order valence-electron chi connectivity index (χ0n) is 10.4. The largest absolute Gasteiger partial charge is 0.469 e. The fraction of sp³-hybridized carbons (Fsp3) is 0.200. The van der Waals surface area contributed by atoms with Gasteiger partial charge in [0.05, 0.1) is 0 Å². The molecule has 0 aliphatic heterocycles. The molecule has 1 heterocycles. The predicted molar refractivity (Wildman–Crippen MR) is 69.2 cm³/mol. The van der Waals surface area contributed by atoms with Crippen LogP contribution in [-0.4, -0.2) is 4.98 Å². The van der Waals surface area contributed by atoms with E-state index < -0.39 is 0 Å². The van der Waals surface area contributed by atoms with Crippen LogP contribution >= 0.6 is 0 Å². The molecule has 0 radical (unpaired) electrons. The minimum atomic E-state index is -0.132. The molecule has 2 aromatic rings. The summed E-state index contributed by atoms with van der Waals surface area (Å²) in [6.45, 7) is 3.82. The van der Waals surface area contributed by atoms with Gasteiger partial charge in [-0.25, -0.2) is 4.98 Å². The van der Waals surface area contributed by atoms with Crippen LogP contribution in [0.2, 0.25) is 0 Å². The summed E-state index contributed by atoms with van der Waals surface area (Å²) in [7, 11) is 0. The molecule has 0 spiro atoms. The lowest BCUT2D eigenvalue weighted by atomic mass is 10.1. The van der Waals surface area contributed by atoms with Crippen LogP contribution in [0.1, 0.15) is 29.8 Å². The van der Waals surface area contributed by atoms with Crippen molar-refractivity contribution in [2.75, 3.05) is 0 Å².